The van der Waals surface area contributed by atoms with Gasteiger partial charge in [-0.3, -0.25) is 9.69 Å². The van der Waals surface area contributed by atoms with Crippen LogP contribution < -0.4 is 10.2 Å². The molecule has 0 spiro atoms. The number of amides is 1. The van der Waals surface area contributed by atoms with E-state index >= 15 is 0 Å². The number of benzene rings is 2. The Kier molecular flexibility index (Phi) is 6.30. The van der Waals surface area contributed by atoms with Gasteiger partial charge in [-0.05, 0) is 37.3 Å². The molecule has 1 amide bonds. The molecular weight excluding hydrogens is 393 g/mol. The van der Waals surface area contributed by atoms with Gasteiger partial charge in [0.1, 0.15) is 0 Å². The minimum absolute atomic E-state index is 0.0969. The molecule has 7 heteroatoms. The third kappa shape index (κ3) is 4.44. The van der Waals surface area contributed by atoms with Crippen molar-refractivity contribution in [3.63, 3.8) is 0 Å². The van der Waals surface area contributed by atoms with Crippen molar-refractivity contribution >= 4 is 52.1 Å². The molecule has 0 aromatic heterocycles. The Labute approximate surface area is 168 Å². The Bertz CT molecular complexity index is 791. The Balaban J connectivity index is 1.59. The van der Waals surface area contributed by atoms with Gasteiger partial charge in [0.2, 0.25) is 5.91 Å². The lowest BCUT2D eigenvalue weighted by molar-refractivity contribution is -0.120. The second kappa shape index (κ2) is 8.49. The summed E-state index contributed by atoms with van der Waals surface area (Å²) in [5.74, 6) is -0.0969. The zero-order chi connectivity index (χ0) is 18.7. The first-order valence-corrected chi connectivity index (χ1v) is 9.58. The largest absolute Gasteiger partial charge is 0.368 e. The lowest BCUT2D eigenvalue weighted by Gasteiger charge is -2.38. The molecular formula is C19H20Cl3N3O. The van der Waals surface area contributed by atoms with Crippen LogP contribution in [0.4, 0.5) is 11.4 Å². The van der Waals surface area contributed by atoms with Crippen LogP contribution >= 0.6 is 34.8 Å². The van der Waals surface area contributed by atoms with Crippen LogP contribution in [-0.2, 0) is 4.79 Å². The maximum Gasteiger partial charge on any atom is 0.241 e. The number of piperazine rings is 1. The average Bonchev–Trinajstić information content (AvgIpc) is 2.64. The Morgan fingerprint density at radius 2 is 1.69 bits per heavy atom. The fraction of sp³-hybridized carbons (Fsp3) is 0.316. The summed E-state index contributed by atoms with van der Waals surface area (Å²) in [5, 5.41) is 4.62. The fourth-order valence-electron chi connectivity index (χ4n) is 3.05. The van der Waals surface area contributed by atoms with Crippen molar-refractivity contribution in [2.45, 2.75) is 13.0 Å². The quantitative estimate of drug-likeness (QED) is 0.784. The van der Waals surface area contributed by atoms with E-state index in [9.17, 15) is 4.79 Å². The van der Waals surface area contributed by atoms with E-state index in [2.05, 4.69) is 15.1 Å². The average molecular weight is 413 g/mol. The van der Waals surface area contributed by atoms with Gasteiger partial charge in [0.05, 0.1) is 27.5 Å². The number of carbonyl (C=O) groups is 1. The molecule has 1 N–H and O–H groups in total. The summed E-state index contributed by atoms with van der Waals surface area (Å²) in [6, 6.07) is 12.6. The van der Waals surface area contributed by atoms with Crippen LogP contribution in [0.5, 0.6) is 0 Å². The van der Waals surface area contributed by atoms with Crippen molar-refractivity contribution in [1.29, 1.82) is 0 Å². The van der Waals surface area contributed by atoms with E-state index in [-0.39, 0.29) is 11.9 Å². The molecule has 26 heavy (non-hydrogen) atoms. The van der Waals surface area contributed by atoms with Crippen molar-refractivity contribution in [1.82, 2.24) is 4.90 Å². The summed E-state index contributed by atoms with van der Waals surface area (Å²) < 4.78 is 0. The van der Waals surface area contributed by atoms with Gasteiger partial charge < -0.3 is 10.2 Å². The minimum atomic E-state index is -0.265. The number of hydrogen-bond donors (Lipinski definition) is 1. The topological polar surface area (TPSA) is 35.6 Å². The SMILES string of the molecule is C[C@H](C(=O)Nc1cc(Cl)ccc1Cl)N1CCN(c2ccccc2Cl)CC1. The van der Waals surface area contributed by atoms with Gasteiger partial charge in [0, 0.05) is 31.2 Å². The minimum Gasteiger partial charge on any atom is -0.368 e. The Hall–Kier alpha value is -1.46. The smallest absolute Gasteiger partial charge is 0.241 e. The number of nitrogens with one attached hydrogen (secondary N) is 1. The lowest BCUT2D eigenvalue weighted by atomic mass is 10.2. The predicted octanol–water partition coefficient (Wildman–Crippen LogP) is 4.80. The third-order valence-electron chi connectivity index (χ3n) is 4.62. The number of halogens is 3. The number of rotatable bonds is 4. The van der Waals surface area contributed by atoms with Gasteiger partial charge in [-0.25, -0.2) is 0 Å². The second-order valence-electron chi connectivity index (χ2n) is 6.26. The number of nitrogens with zero attached hydrogens (tertiary/aromatic N) is 2. The van der Waals surface area contributed by atoms with Crippen molar-refractivity contribution in [2.24, 2.45) is 0 Å². The molecule has 0 radical (unpaired) electrons. The van der Waals surface area contributed by atoms with E-state index in [1.807, 2.05) is 31.2 Å². The lowest BCUT2D eigenvalue weighted by Crippen LogP contribution is -2.52. The maximum atomic E-state index is 12.6. The van der Waals surface area contributed by atoms with Crippen molar-refractivity contribution in [3.8, 4) is 0 Å². The van der Waals surface area contributed by atoms with Crippen LogP contribution in [0, 0.1) is 0 Å². The van der Waals surface area contributed by atoms with Crippen LogP contribution in [0.1, 0.15) is 6.92 Å². The predicted molar refractivity (Wildman–Crippen MR) is 110 cm³/mol. The molecule has 2 aromatic rings. The normalized spacial score (nSPS) is 16.4. The molecule has 1 aliphatic rings. The van der Waals surface area contributed by atoms with Crippen molar-refractivity contribution < 1.29 is 4.79 Å². The zero-order valence-corrected chi connectivity index (χ0v) is 16.7. The second-order valence-corrected chi connectivity index (χ2v) is 7.51. The summed E-state index contributed by atoms with van der Waals surface area (Å²) in [6.07, 6.45) is 0. The van der Waals surface area contributed by atoms with E-state index < -0.39 is 0 Å². The van der Waals surface area contributed by atoms with E-state index in [0.717, 1.165) is 36.9 Å². The molecule has 4 nitrogen and oxygen atoms in total. The van der Waals surface area contributed by atoms with Gasteiger partial charge >= 0.3 is 0 Å². The molecule has 0 bridgehead atoms. The number of anilines is 2. The Morgan fingerprint density at radius 1 is 1.00 bits per heavy atom. The summed E-state index contributed by atoms with van der Waals surface area (Å²) in [5.41, 5.74) is 1.57. The number of hydrogen-bond acceptors (Lipinski definition) is 3. The summed E-state index contributed by atoms with van der Waals surface area (Å²) in [6.45, 7) is 5.10. The van der Waals surface area contributed by atoms with Crippen LogP contribution in [-0.4, -0.2) is 43.0 Å². The van der Waals surface area contributed by atoms with E-state index in [4.69, 9.17) is 34.8 Å². The van der Waals surface area contributed by atoms with Gasteiger partial charge in [-0.15, -0.1) is 0 Å². The van der Waals surface area contributed by atoms with E-state index in [0.29, 0.717) is 15.7 Å². The van der Waals surface area contributed by atoms with E-state index in [1.165, 1.54) is 0 Å². The highest BCUT2D eigenvalue weighted by atomic mass is 35.5. The van der Waals surface area contributed by atoms with Crippen LogP contribution in [0.25, 0.3) is 0 Å². The Morgan fingerprint density at radius 3 is 2.38 bits per heavy atom. The van der Waals surface area contributed by atoms with Crippen LogP contribution in [0.3, 0.4) is 0 Å². The summed E-state index contributed by atoms with van der Waals surface area (Å²) in [7, 11) is 0. The molecule has 1 fully saturated rings. The first-order chi connectivity index (χ1) is 12.5. The first kappa shape index (κ1) is 19.3. The van der Waals surface area contributed by atoms with Gasteiger partial charge in [-0.1, -0.05) is 46.9 Å². The third-order valence-corrected chi connectivity index (χ3v) is 5.51. The van der Waals surface area contributed by atoms with Crippen molar-refractivity contribution in [2.75, 3.05) is 36.4 Å². The number of para-hydroxylation sites is 1. The molecule has 1 atom stereocenters. The molecule has 0 unspecified atom stereocenters. The van der Waals surface area contributed by atoms with Gasteiger partial charge in [0.25, 0.3) is 0 Å². The molecule has 1 aliphatic heterocycles. The summed E-state index contributed by atoms with van der Waals surface area (Å²) >= 11 is 18.4. The molecule has 3 rings (SSSR count). The monoisotopic (exact) mass is 411 g/mol. The summed E-state index contributed by atoms with van der Waals surface area (Å²) in [4.78, 5) is 17.0. The highest BCUT2D eigenvalue weighted by Gasteiger charge is 2.26. The van der Waals surface area contributed by atoms with Gasteiger partial charge in [0.15, 0.2) is 0 Å². The fourth-order valence-corrected chi connectivity index (χ4v) is 3.65. The van der Waals surface area contributed by atoms with Crippen LogP contribution in [0.2, 0.25) is 15.1 Å². The number of carbonyl (C=O) groups excluding carboxylic acids is 1. The zero-order valence-electron chi connectivity index (χ0n) is 14.4. The molecule has 1 saturated heterocycles. The molecule has 0 saturated carbocycles. The molecule has 1 heterocycles. The van der Waals surface area contributed by atoms with Crippen molar-refractivity contribution in [3.05, 3.63) is 57.5 Å². The van der Waals surface area contributed by atoms with E-state index in [1.54, 1.807) is 18.2 Å². The highest BCUT2D eigenvalue weighted by Crippen LogP contribution is 2.27. The van der Waals surface area contributed by atoms with Gasteiger partial charge in [-0.2, -0.15) is 0 Å². The molecule has 0 aliphatic carbocycles. The van der Waals surface area contributed by atoms with Crippen LogP contribution in [0.15, 0.2) is 42.5 Å². The standard InChI is InChI=1S/C19H20Cl3N3O/c1-13(19(26)23-17-12-14(20)6-7-15(17)21)24-8-10-25(11-9-24)18-5-3-2-4-16(18)22/h2-7,12-13H,8-11H2,1H3,(H,23,26)/t13-/m1/s1. The molecule has 138 valence electrons. The first-order valence-electron chi connectivity index (χ1n) is 8.45. The maximum absolute atomic E-state index is 12.6. The highest BCUT2D eigenvalue weighted by molar-refractivity contribution is 6.35. The molecule has 2 aromatic carbocycles.